The summed E-state index contributed by atoms with van der Waals surface area (Å²) in [5, 5.41) is 0.408. The third-order valence-electron chi connectivity index (χ3n) is 2.04. The Morgan fingerprint density at radius 2 is 2.06 bits per heavy atom. The molecule has 0 saturated carbocycles. The lowest BCUT2D eigenvalue weighted by Crippen LogP contribution is -1.93. The average molecular weight is 334 g/mol. The molecule has 1 aromatic carbocycles. The van der Waals surface area contributed by atoms with Crippen LogP contribution in [-0.4, -0.2) is 9.97 Å². The summed E-state index contributed by atoms with van der Waals surface area (Å²) < 4.78 is 6.52. The summed E-state index contributed by atoms with van der Waals surface area (Å²) >= 11 is 15.0. The highest BCUT2D eigenvalue weighted by Crippen LogP contribution is 2.31. The van der Waals surface area contributed by atoms with Gasteiger partial charge in [0.2, 0.25) is 11.2 Å². The topological polar surface area (TPSA) is 35.0 Å². The van der Waals surface area contributed by atoms with Crippen LogP contribution in [0.4, 0.5) is 0 Å². The predicted molar refractivity (Wildman–Crippen MR) is 71.0 cm³/mol. The minimum atomic E-state index is 0.0945. The first-order chi connectivity index (χ1) is 8.06. The highest BCUT2D eigenvalue weighted by Gasteiger charge is 2.09. The normalized spacial score (nSPS) is 10.4. The third kappa shape index (κ3) is 3.09. The van der Waals surface area contributed by atoms with Gasteiger partial charge in [-0.05, 0) is 36.2 Å². The standard InChI is InChI=1S/C11H7BrCl2N2O/c1-6-2-3-7(12)4-9(6)17-10-8(13)5-15-11(14)16-10/h2-5H,1H3. The van der Waals surface area contributed by atoms with E-state index in [2.05, 4.69) is 25.9 Å². The van der Waals surface area contributed by atoms with Crippen LogP contribution in [0.2, 0.25) is 10.3 Å². The summed E-state index contributed by atoms with van der Waals surface area (Å²) in [6.45, 7) is 1.93. The van der Waals surface area contributed by atoms with Crippen LogP contribution >= 0.6 is 39.1 Å². The maximum Gasteiger partial charge on any atom is 0.242 e. The van der Waals surface area contributed by atoms with E-state index in [0.717, 1.165) is 10.0 Å². The number of aryl methyl sites for hydroxylation is 1. The fourth-order valence-electron chi connectivity index (χ4n) is 1.19. The number of ether oxygens (including phenoxy) is 1. The largest absolute Gasteiger partial charge is 0.437 e. The van der Waals surface area contributed by atoms with E-state index < -0.39 is 0 Å². The number of aromatic nitrogens is 2. The van der Waals surface area contributed by atoms with Gasteiger partial charge in [-0.2, -0.15) is 4.98 Å². The molecule has 0 saturated heterocycles. The Bertz CT molecular complexity index is 514. The van der Waals surface area contributed by atoms with Gasteiger partial charge in [0.1, 0.15) is 10.8 Å². The lowest BCUT2D eigenvalue weighted by molar-refractivity contribution is 0.458. The van der Waals surface area contributed by atoms with Gasteiger partial charge in [0.15, 0.2) is 0 Å². The van der Waals surface area contributed by atoms with Gasteiger partial charge in [0, 0.05) is 4.47 Å². The fraction of sp³-hybridized carbons (Fsp3) is 0.0909. The van der Waals surface area contributed by atoms with Gasteiger partial charge in [0.25, 0.3) is 0 Å². The number of nitrogens with zero attached hydrogens (tertiary/aromatic N) is 2. The molecular weight excluding hydrogens is 327 g/mol. The molecule has 2 rings (SSSR count). The van der Waals surface area contributed by atoms with E-state index in [1.165, 1.54) is 6.20 Å². The Morgan fingerprint density at radius 1 is 1.29 bits per heavy atom. The molecule has 17 heavy (non-hydrogen) atoms. The van der Waals surface area contributed by atoms with Gasteiger partial charge in [0.05, 0.1) is 6.20 Å². The lowest BCUT2D eigenvalue weighted by atomic mass is 10.2. The van der Waals surface area contributed by atoms with Crippen molar-refractivity contribution in [1.29, 1.82) is 0 Å². The maximum absolute atomic E-state index is 5.92. The van der Waals surface area contributed by atoms with Gasteiger partial charge in [-0.3, -0.25) is 0 Å². The summed E-state index contributed by atoms with van der Waals surface area (Å²) in [4.78, 5) is 7.68. The SMILES string of the molecule is Cc1ccc(Br)cc1Oc1nc(Cl)ncc1Cl. The van der Waals surface area contributed by atoms with Crippen molar-refractivity contribution in [2.45, 2.75) is 6.92 Å². The van der Waals surface area contributed by atoms with Crippen LogP contribution in [-0.2, 0) is 0 Å². The van der Waals surface area contributed by atoms with Crippen LogP contribution in [0.15, 0.2) is 28.9 Å². The highest BCUT2D eigenvalue weighted by atomic mass is 79.9. The van der Waals surface area contributed by atoms with Crippen molar-refractivity contribution >= 4 is 39.1 Å². The molecule has 0 unspecified atom stereocenters. The van der Waals surface area contributed by atoms with Crippen LogP contribution in [0.25, 0.3) is 0 Å². The first-order valence-electron chi connectivity index (χ1n) is 4.68. The second-order valence-electron chi connectivity index (χ2n) is 3.30. The molecule has 0 aliphatic carbocycles. The minimum absolute atomic E-state index is 0.0945. The molecule has 0 radical (unpaired) electrons. The summed E-state index contributed by atoms with van der Waals surface area (Å²) in [5.74, 6) is 0.906. The Hall–Kier alpha value is -0.840. The smallest absolute Gasteiger partial charge is 0.242 e. The molecule has 88 valence electrons. The van der Waals surface area contributed by atoms with E-state index in [9.17, 15) is 0 Å². The Morgan fingerprint density at radius 3 is 2.82 bits per heavy atom. The van der Waals surface area contributed by atoms with E-state index in [1.54, 1.807) is 0 Å². The van der Waals surface area contributed by atoms with E-state index in [-0.39, 0.29) is 11.2 Å². The zero-order valence-electron chi connectivity index (χ0n) is 8.75. The van der Waals surface area contributed by atoms with Crippen molar-refractivity contribution in [3.63, 3.8) is 0 Å². The number of hydrogen-bond acceptors (Lipinski definition) is 3. The quantitative estimate of drug-likeness (QED) is 0.750. The molecule has 0 spiro atoms. The molecule has 0 N–H and O–H groups in total. The van der Waals surface area contributed by atoms with Crippen molar-refractivity contribution in [3.05, 3.63) is 44.7 Å². The van der Waals surface area contributed by atoms with E-state index >= 15 is 0 Å². The Labute approximate surface area is 117 Å². The third-order valence-corrected chi connectivity index (χ3v) is 2.97. The summed E-state index contributed by atoms with van der Waals surface area (Å²) in [6.07, 6.45) is 1.40. The molecule has 0 bridgehead atoms. The summed E-state index contributed by atoms with van der Waals surface area (Å²) in [6, 6.07) is 5.69. The Kier molecular flexibility index (Phi) is 3.86. The van der Waals surface area contributed by atoms with Crippen molar-refractivity contribution in [3.8, 4) is 11.6 Å². The van der Waals surface area contributed by atoms with Gasteiger partial charge in [-0.1, -0.05) is 33.6 Å². The van der Waals surface area contributed by atoms with Crippen LogP contribution in [0.5, 0.6) is 11.6 Å². The first kappa shape index (κ1) is 12.6. The van der Waals surface area contributed by atoms with E-state index in [0.29, 0.717) is 10.8 Å². The van der Waals surface area contributed by atoms with Crippen LogP contribution in [0, 0.1) is 6.92 Å². The van der Waals surface area contributed by atoms with E-state index in [1.807, 2.05) is 25.1 Å². The molecule has 1 heterocycles. The number of halogens is 3. The number of hydrogen-bond donors (Lipinski definition) is 0. The number of rotatable bonds is 2. The molecule has 1 aromatic heterocycles. The Balaban J connectivity index is 2.37. The van der Waals surface area contributed by atoms with Crippen LogP contribution in [0.1, 0.15) is 5.56 Å². The summed E-state index contributed by atoms with van der Waals surface area (Å²) in [5.41, 5.74) is 0.971. The molecule has 3 nitrogen and oxygen atoms in total. The monoisotopic (exact) mass is 332 g/mol. The molecule has 0 aliphatic heterocycles. The molecule has 0 atom stereocenters. The van der Waals surface area contributed by atoms with Gasteiger partial charge in [-0.15, -0.1) is 0 Å². The van der Waals surface area contributed by atoms with Crippen molar-refractivity contribution < 1.29 is 4.74 Å². The van der Waals surface area contributed by atoms with Crippen molar-refractivity contribution in [2.75, 3.05) is 0 Å². The molecule has 0 amide bonds. The van der Waals surface area contributed by atoms with Gasteiger partial charge >= 0.3 is 0 Å². The summed E-state index contributed by atoms with van der Waals surface area (Å²) in [7, 11) is 0. The lowest BCUT2D eigenvalue weighted by Gasteiger charge is -2.09. The van der Waals surface area contributed by atoms with Gasteiger partial charge in [-0.25, -0.2) is 4.98 Å². The highest BCUT2D eigenvalue weighted by molar-refractivity contribution is 9.10. The average Bonchev–Trinajstić information content (AvgIpc) is 2.28. The van der Waals surface area contributed by atoms with Crippen LogP contribution < -0.4 is 4.74 Å². The molecule has 2 aromatic rings. The second-order valence-corrected chi connectivity index (χ2v) is 4.96. The number of benzene rings is 1. The fourth-order valence-corrected chi connectivity index (χ4v) is 1.79. The van der Waals surface area contributed by atoms with Crippen LogP contribution in [0.3, 0.4) is 0 Å². The molecular formula is C11H7BrCl2N2O. The molecule has 0 fully saturated rings. The van der Waals surface area contributed by atoms with E-state index in [4.69, 9.17) is 27.9 Å². The first-order valence-corrected chi connectivity index (χ1v) is 6.23. The zero-order valence-corrected chi connectivity index (χ0v) is 11.8. The predicted octanol–water partition coefficient (Wildman–Crippen LogP) is 4.65. The molecule has 0 aliphatic rings. The second kappa shape index (κ2) is 5.21. The maximum atomic E-state index is 5.92. The molecule has 6 heteroatoms. The van der Waals surface area contributed by atoms with Crippen molar-refractivity contribution in [2.24, 2.45) is 0 Å². The van der Waals surface area contributed by atoms with Crippen molar-refractivity contribution in [1.82, 2.24) is 9.97 Å². The van der Waals surface area contributed by atoms with Gasteiger partial charge < -0.3 is 4.74 Å². The minimum Gasteiger partial charge on any atom is -0.437 e. The zero-order chi connectivity index (χ0) is 12.4.